The van der Waals surface area contributed by atoms with Crippen molar-refractivity contribution < 1.29 is 38.1 Å². The van der Waals surface area contributed by atoms with E-state index in [-0.39, 0.29) is 42.7 Å². The van der Waals surface area contributed by atoms with Crippen LogP contribution in [-0.2, 0) is 23.8 Å². The first-order valence-electron chi connectivity index (χ1n) is 14.0. The quantitative estimate of drug-likeness (QED) is 0.312. The summed E-state index contributed by atoms with van der Waals surface area (Å²) in [6, 6.07) is 7.97. The van der Waals surface area contributed by atoms with Gasteiger partial charge in [0.25, 0.3) is 0 Å². The van der Waals surface area contributed by atoms with E-state index in [0.717, 1.165) is 6.42 Å². The Morgan fingerprint density at radius 1 is 1.14 bits per heavy atom. The third kappa shape index (κ3) is 7.41. The van der Waals surface area contributed by atoms with Gasteiger partial charge in [-0.15, -0.1) is 0 Å². The summed E-state index contributed by atoms with van der Waals surface area (Å²) in [7, 11) is 0. The van der Waals surface area contributed by atoms with Crippen LogP contribution in [0.5, 0.6) is 5.75 Å². The summed E-state index contributed by atoms with van der Waals surface area (Å²) in [4.78, 5) is 51.1. The van der Waals surface area contributed by atoms with E-state index >= 15 is 0 Å². The molecule has 5 rings (SSSR count). The summed E-state index contributed by atoms with van der Waals surface area (Å²) in [6.07, 6.45) is 0.827. The molecule has 43 heavy (non-hydrogen) atoms. The van der Waals surface area contributed by atoms with E-state index in [9.17, 15) is 19.2 Å². The predicted molar refractivity (Wildman–Crippen MR) is 154 cm³/mol. The van der Waals surface area contributed by atoms with Crippen LogP contribution in [-0.4, -0.2) is 51.0 Å². The average Bonchev–Trinajstić information content (AvgIpc) is 3.39. The number of aromatic nitrogens is 2. The summed E-state index contributed by atoms with van der Waals surface area (Å²) in [5, 5.41) is 9.54. The summed E-state index contributed by atoms with van der Waals surface area (Å²) in [6.45, 7) is 8.56. The van der Waals surface area contributed by atoms with Crippen molar-refractivity contribution in [3.8, 4) is 5.75 Å². The highest BCUT2D eigenvalue weighted by Gasteiger charge is 2.49. The standard InChI is InChI=1S/C21H24O7.C9H13N3O3/c1-11(2)10-16(24)27-19-17-14(28-21(4,5)20(19)25-12(3)22)8-6-13-7-9-15(23)26-18(13)17;10-7-3-4-12(9(14)11-7)8-2-1-6(5-13)15-8/h6-9,11,19-20H,10H2,1-5H3;3-4,6,8,13H,1-2,5H2,(H2,10,11,14)/t19-,20-;6-,8+/m10/s1. The average molecular weight is 600 g/mol. The van der Waals surface area contributed by atoms with Crippen molar-refractivity contribution in [2.75, 3.05) is 12.3 Å². The Morgan fingerprint density at radius 2 is 1.86 bits per heavy atom. The van der Waals surface area contributed by atoms with E-state index in [4.69, 9.17) is 34.2 Å². The molecule has 4 heterocycles. The number of ether oxygens (including phenoxy) is 4. The molecule has 3 N–H and O–H groups in total. The Morgan fingerprint density at radius 3 is 2.49 bits per heavy atom. The number of esters is 2. The molecule has 1 fully saturated rings. The summed E-state index contributed by atoms with van der Waals surface area (Å²) < 4.78 is 29.6. The highest BCUT2D eigenvalue weighted by molar-refractivity contribution is 5.83. The number of carbonyl (C=O) groups is 2. The topological polar surface area (TPSA) is 182 Å². The Kier molecular flexibility index (Phi) is 9.55. The third-order valence-electron chi connectivity index (χ3n) is 6.98. The minimum Gasteiger partial charge on any atom is -0.483 e. The Bertz CT molecular complexity index is 1600. The fourth-order valence-corrected chi connectivity index (χ4v) is 5.05. The van der Waals surface area contributed by atoms with Gasteiger partial charge in [-0.1, -0.05) is 13.8 Å². The molecule has 2 aromatic heterocycles. The first kappa shape index (κ1) is 31.7. The molecular weight excluding hydrogens is 562 g/mol. The van der Waals surface area contributed by atoms with Gasteiger partial charge in [0.05, 0.1) is 18.3 Å². The second-order valence-corrected chi connectivity index (χ2v) is 11.4. The number of nitrogen functional groups attached to an aromatic ring is 1. The number of carbonyl (C=O) groups excluding carboxylic acids is 2. The van der Waals surface area contributed by atoms with Gasteiger partial charge in [-0.05, 0) is 56.9 Å². The lowest BCUT2D eigenvalue weighted by atomic mass is 9.87. The molecule has 13 nitrogen and oxygen atoms in total. The van der Waals surface area contributed by atoms with Gasteiger partial charge >= 0.3 is 23.3 Å². The molecule has 0 radical (unpaired) electrons. The molecule has 0 saturated carbocycles. The lowest BCUT2D eigenvalue weighted by molar-refractivity contribution is -0.189. The molecule has 4 atom stereocenters. The first-order valence-corrected chi connectivity index (χ1v) is 14.0. The molecule has 0 unspecified atom stereocenters. The highest BCUT2D eigenvalue weighted by atomic mass is 16.6. The first-order chi connectivity index (χ1) is 20.3. The van der Waals surface area contributed by atoms with E-state index in [2.05, 4.69) is 4.98 Å². The number of fused-ring (bicyclic) bond motifs is 3. The monoisotopic (exact) mass is 599 g/mol. The number of rotatable bonds is 6. The predicted octanol–water partition coefficient (Wildman–Crippen LogP) is 3.02. The molecule has 2 aliphatic heterocycles. The van der Waals surface area contributed by atoms with Crippen molar-refractivity contribution in [2.45, 2.75) is 84.0 Å². The Hall–Kier alpha value is -4.23. The summed E-state index contributed by atoms with van der Waals surface area (Å²) in [5.41, 5.74) is 4.09. The van der Waals surface area contributed by atoms with Crippen LogP contribution in [0, 0.1) is 5.92 Å². The van der Waals surface area contributed by atoms with Crippen LogP contribution < -0.4 is 21.8 Å². The van der Waals surface area contributed by atoms with E-state index < -0.39 is 41.1 Å². The molecule has 0 bridgehead atoms. The number of nitrogens with two attached hydrogens (primary N) is 1. The maximum Gasteiger partial charge on any atom is 0.351 e. The number of nitrogens with zero attached hydrogens (tertiary/aromatic N) is 2. The van der Waals surface area contributed by atoms with E-state index in [1.807, 2.05) is 13.8 Å². The van der Waals surface area contributed by atoms with Crippen LogP contribution in [0.3, 0.4) is 0 Å². The third-order valence-corrected chi connectivity index (χ3v) is 6.98. The van der Waals surface area contributed by atoms with Crippen LogP contribution >= 0.6 is 0 Å². The van der Waals surface area contributed by atoms with Gasteiger partial charge < -0.3 is 34.2 Å². The van der Waals surface area contributed by atoms with Crippen LogP contribution in [0.15, 0.2) is 50.5 Å². The molecule has 3 aromatic rings. The minimum absolute atomic E-state index is 0.0202. The van der Waals surface area contributed by atoms with Gasteiger partial charge in [0.1, 0.15) is 29.0 Å². The zero-order chi connectivity index (χ0) is 31.5. The van der Waals surface area contributed by atoms with Crippen molar-refractivity contribution in [3.05, 3.63) is 63.0 Å². The SMILES string of the molecule is CC(=O)O[C@@H]1[C@H](OC(=O)CC(C)C)c2c(ccc3ccc(=O)oc23)OC1(C)C.Nc1ccn([C@H]2CC[C@@H](CO)O2)c(=O)n1. The Labute approximate surface area is 247 Å². The second kappa shape index (κ2) is 13.0. The zero-order valence-corrected chi connectivity index (χ0v) is 24.8. The maximum atomic E-state index is 12.5. The lowest BCUT2D eigenvalue weighted by Gasteiger charge is -2.43. The molecule has 0 aliphatic carbocycles. The molecule has 232 valence electrons. The molecule has 2 aliphatic rings. The van der Waals surface area contributed by atoms with Crippen LogP contribution in [0.4, 0.5) is 5.82 Å². The van der Waals surface area contributed by atoms with Crippen molar-refractivity contribution in [1.29, 1.82) is 0 Å². The van der Waals surface area contributed by atoms with Crippen LogP contribution in [0.25, 0.3) is 11.0 Å². The van der Waals surface area contributed by atoms with Gasteiger partial charge in [-0.3, -0.25) is 14.2 Å². The van der Waals surface area contributed by atoms with Gasteiger partial charge in [0.2, 0.25) is 0 Å². The van der Waals surface area contributed by atoms with Crippen LogP contribution in [0.2, 0.25) is 0 Å². The van der Waals surface area contributed by atoms with Crippen molar-refractivity contribution in [3.63, 3.8) is 0 Å². The van der Waals surface area contributed by atoms with Crippen molar-refractivity contribution >= 4 is 28.7 Å². The summed E-state index contributed by atoms with van der Waals surface area (Å²) >= 11 is 0. The van der Waals surface area contributed by atoms with Crippen molar-refractivity contribution in [1.82, 2.24) is 9.55 Å². The molecule has 1 saturated heterocycles. The number of aliphatic hydroxyl groups excluding tert-OH is 1. The molecule has 0 amide bonds. The summed E-state index contributed by atoms with van der Waals surface area (Å²) in [5.74, 6) is -0.254. The Balaban J connectivity index is 0.000000237. The normalized spacial score (nSPS) is 22.2. The molecule has 13 heteroatoms. The number of benzene rings is 1. The van der Waals surface area contributed by atoms with Gasteiger partial charge in [-0.2, -0.15) is 4.98 Å². The van der Waals surface area contributed by atoms with Gasteiger partial charge in [0.15, 0.2) is 12.2 Å². The highest BCUT2D eigenvalue weighted by Crippen LogP contribution is 2.46. The number of anilines is 1. The number of hydrogen-bond acceptors (Lipinski definition) is 12. The maximum absolute atomic E-state index is 12.5. The smallest absolute Gasteiger partial charge is 0.351 e. The lowest BCUT2D eigenvalue weighted by Crippen LogP contribution is -2.52. The molecule has 1 aromatic carbocycles. The van der Waals surface area contributed by atoms with Crippen molar-refractivity contribution in [2.24, 2.45) is 5.92 Å². The van der Waals surface area contributed by atoms with Gasteiger partial charge in [0, 0.05) is 31.0 Å². The zero-order valence-electron chi connectivity index (χ0n) is 24.8. The number of aliphatic hydroxyl groups is 1. The van der Waals surface area contributed by atoms with Gasteiger partial charge in [-0.25, -0.2) is 9.59 Å². The fraction of sp³-hybridized carbons (Fsp3) is 0.500. The van der Waals surface area contributed by atoms with E-state index in [0.29, 0.717) is 23.1 Å². The fourth-order valence-electron chi connectivity index (χ4n) is 5.05. The second-order valence-electron chi connectivity index (χ2n) is 11.4. The number of hydrogen-bond donors (Lipinski definition) is 2. The molecule has 0 spiro atoms. The molecular formula is C30H37N3O10. The van der Waals surface area contributed by atoms with E-state index in [1.165, 1.54) is 17.6 Å². The van der Waals surface area contributed by atoms with E-state index in [1.54, 1.807) is 44.3 Å². The van der Waals surface area contributed by atoms with Crippen LogP contribution in [0.1, 0.15) is 71.8 Å². The minimum atomic E-state index is -0.969. The largest absolute Gasteiger partial charge is 0.483 e.